The van der Waals surface area contributed by atoms with E-state index in [1.807, 2.05) is 6.92 Å². The molecule has 2 N–H and O–H groups in total. The first-order valence-electron chi connectivity index (χ1n) is 3.50. The largest absolute Gasteiger partial charge is 0.228 e. The van der Waals surface area contributed by atoms with Gasteiger partial charge in [0.1, 0.15) is 0 Å². The summed E-state index contributed by atoms with van der Waals surface area (Å²) in [5.41, 5.74) is 0. The number of unbranched alkanes of at least 4 members (excludes halogenated alkanes) is 1. The van der Waals surface area contributed by atoms with E-state index in [2.05, 4.69) is 0 Å². The van der Waals surface area contributed by atoms with E-state index in [1.54, 1.807) is 6.92 Å². The van der Waals surface area contributed by atoms with Crippen molar-refractivity contribution in [1.29, 1.82) is 0 Å². The molecule has 0 saturated heterocycles. The van der Waals surface area contributed by atoms with Gasteiger partial charge >= 0.3 is 0 Å². The molecule has 0 aromatic heterocycles. The summed E-state index contributed by atoms with van der Waals surface area (Å²) in [5, 5.41) is 4.51. The molecule has 0 aliphatic heterocycles. The van der Waals surface area contributed by atoms with E-state index in [4.69, 9.17) is 5.14 Å². The van der Waals surface area contributed by atoms with Crippen LogP contribution in [0.2, 0.25) is 0 Å². The Morgan fingerprint density at radius 1 is 1.50 bits per heavy atom. The van der Waals surface area contributed by atoms with Crippen LogP contribution in [0.5, 0.6) is 0 Å². The maximum atomic E-state index is 10.6. The summed E-state index contributed by atoms with van der Waals surface area (Å²) in [6.45, 7) is 3.67. The second-order valence-electron chi connectivity index (χ2n) is 2.54. The molecule has 4 heteroatoms. The molecule has 0 heterocycles. The number of primary sulfonamides is 1. The van der Waals surface area contributed by atoms with Crippen molar-refractivity contribution in [3.8, 4) is 0 Å². The van der Waals surface area contributed by atoms with Crippen molar-refractivity contribution >= 4 is 10.0 Å². The van der Waals surface area contributed by atoms with E-state index in [-0.39, 0.29) is 5.25 Å². The smallest absolute Gasteiger partial charge is 0.211 e. The fourth-order valence-corrected chi connectivity index (χ4v) is 1.15. The van der Waals surface area contributed by atoms with Crippen LogP contribution in [0.1, 0.15) is 33.1 Å². The third-order valence-corrected chi connectivity index (χ3v) is 2.88. The van der Waals surface area contributed by atoms with Crippen LogP contribution in [0.15, 0.2) is 0 Å². The third-order valence-electron chi connectivity index (χ3n) is 1.53. The van der Waals surface area contributed by atoms with Crippen LogP contribution in [0, 0.1) is 0 Å². The fraction of sp³-hybridized carbons (Fsp3) is 1.00. The third kappa shape index (κ3) is 3.85. The van der Waals surface area contributed by atoms with Crippen LogP contribution >= 0.6 is 0 Å². The lowest BCUT2D eigenvalue weighted by Gasteiger charge is -2.06. The summed E-state index contributed by atoms with van der Waals surface area (Å²) in [5.74, 6) is 0. The van der Waals surface area contributed by atoms with Crippen LogP contribution < -0.4 is 5.14 Å². The van der Waals surface area contributed by atoms with Crippen molar-refractivity contribution in [2.75, 3.05) is 0 Å². The van der Waals surface area contributed by atoms with Gasteiger partial charge in [0, 0.05) is 0 Å². The SMILES string of the molecule is CCCC[C@H](C)S(N)(=O)=O. The van der Waals surface area contributed by atoms with E-state index in [0.29, 0.717) is 6.42 Å². The van der Waals surface area contributed by atoms with Crippen molar-refractivity contribution in [1.82, 2.24) is 0 Å². The number of sulfonamides is 1. The standard InChI is InChI=1S/C6H15NO2S/c1-3-4-5-6(2)10(7,8)9/h6H,3-5H2,1-2H3,(H2,7,8,9)/t6-/m0/s1. The molecule has 0 saturated carbocycles. The topological polar surface area (TPSA) is 60.2 Å². The van der Waals surface area contributed by atoms with Crippen molar-refractivity contribution in [3.63, 3.8) is 0 Å². The normalized spacial score (nSPS) is 15.1. The van der Waals surface area contributed by atoms with Crippen LogP contribution in [0.25, 0.3) is 0 Å². The van der Waals surface area contributed by atoms with E-state index in [9.17, 15) is 8.42 Å². The first kappa shape index (κ1) is 9.91. The van der Waals surface area contributed by atoms with Gasteiger partial charge < -0.3 is 0 Å². The quantitative estimate of drug-likeness (QED) is 0.671. The molecule has 0 amide bonds. The Morgan fingerprint density at radius 2 is 2.00 bits per heavy atom. The maximum Gasteiger partial charge on any atom is 0.211 e. The van der Waals surface area contributed by atoms with Gasteiger partial charge in [-0.05, 0) is 13.3 Å². The lowest BCUT2D eigenvalue weighted by atomic mass is 10.2. The molecule has 0 unspecified atom stereocenters. The predicted octanol–water partition coefficient (Wildman–Crippen LogP) is 0.854. The lowest BCUT2D eigenvalue weighted by Crippen LogP contribution is -2.25. The zero-order valence-electron chi connectivity index (χ0n) is 6.50. The van der Waals surface area contributed by atoms with Crippen LogP contribution in [0.3, 0.4) is 0 Å². The summed E-state index contributed by atoms with van der Waals surface area (Å²) in [6, 6.07) is 0. The lowest BCUT2D eigenvalue weighted by molar-refractivity contribution is 0.573. The van der Waals surface area contributed by atoms with Gasteiger partial charge in [-0.15, -0.1) is 0 Å². The summed E-state index contributed by atoms with van der Waals surface area (Å²) < 4.78 is 21.2. The molecule has 0 radical (unpaired) electrons. The van der Waals surface area contributed by atoms with Crippen LogP contribution in [0.4, 0.5) is 0 Å². The summed E-state index contributed by atoms with van der Waals surface area (Å²) >= 11 is 0. The second kappa shape index (κ2) is 3.93. The molecule has 0 aliphatic rings. The maximum absolute atomic E-state index is 10.6. The Hall–Kier alpha value is -0.0900. The Bertz CT molecular complexity index is 174. The molecule has 0 aromatic rings. The molecule has 1 atom stereocenters. The van der Waals surface area contributed by atoms with Crippen molar-refractivity contribution in [2.45, 2.75) is 38.4 Å². The van der Waals surface area contributed by atoms with E-state index in [0.717, 1.165) is 12.8 Å². The van der Waals surface area contributed by atoms with Gasteiger partial charge in [-0.3, -0.25) is 0 Å². The Morgan fingerprint density at radius 3 is 2.30 bits per heavy atom. The molecule has 0 spiro atoms. The van der Waals surface area contributed by atoms with Gasteiger partial charge in [0.15, 0.2) is 0 Å². The van der Waals surface area contributed by atoms with Gasteiger partial charge in [-0.2, -0.15) is 0 Å². The molecular formula is C6H15NO2S. The predicted molar refractivity (Wildman–Crippen MR) is 42.1 cm³/mol. The minimum absolute atomic E-state index is 0.382. The Balaban J connectivity index is 3.75. The van der Waals surface area contributed by atoms with Gasteiger partial charge in [0.05, 0.1) is 5.25 Å². The zero-order valence-corrected chi connectivity index (χ0v) is 7.32. The van der Waals surface area contributed by atoms with Gasteiger partial charge in [-0.25, -0.2) is 13.6 Å². The minimum atomic E-state index is -3.28. The van der Waals surface area contributed by atoms with E-state index >= 15 is 0 Å². The highest BCUT2D eigenvalue weighted by Crippen LogP contribution is 2.05. The van der Waals surface area contributed by atoms with Crippen molar-refractivity contribution < 1.29 is 8.42 Å². The van der Waals surface area contributed by atoms with E-state index in [1.165, 1.54) is 0 Å². The molecule has 0 aliphatic carbocycles. The number of hydrogen-bond acceptors (Lipinski definition) is 2. The summed E-state index contributed by atoms with van der Waals surface area (Å²) in [4.78, 5) is 0. The molecule has 10 heavy (non-hydrogen) atoms. The van der Waals surface area contributed by atoms with Crippen molar-refractivity contribution in [3.05, 3.63) is 0 Å². The number of hydrogen-bond donors (Lipinski definition) is 1. The molecular weight excluding hydrogens is 150 g/mol. The number of rotatable bonds is 4. The monoisotopic (exact) mass is 165 g/mol. The first-order chi connectivity index (χ1) is 4.48. The Kier molecular flexibility index (Phi) is 3.89. The molecule has 0 rings (SSSR count). The Labute approximate surface area is 62.7 Å². The van der Waals surface area contributed by atoms with Gasteiger partial charge in [0.25, 0.3) is 0 Å². The molecule has 3 nitrogen and oxygen atoms in total. The number of nitrogens with two attached hydrogens (primary N) is 1. The fourth-order valence-electron chi connectivity index (χ4n) is 0.656. The van der Waals surface area contributed by atoms with Gasteiger partial charge in [-0.1, -0.05) is 19.8 Å². The van der Waals surface area contributed by atoms with Crippen LogP contribution in [-0.4, -0.2) is 13.7 Å². The highest BCUT2D eigenvalue weighted by molar-refractivity contribution is 7.89. The average molecular weight is 165 g/mol. The molecule has 0 bridgehead atoms. The highest BCUT2D eigenvalue weighted by atomic mass is 32.2. The zero-order chi connectivity index (χ0) is 8.20. The average Bonchev–Trinajstić information content (AvgIpc) is 1.80. The summed E-state index contributed by atoms with van der Waals surface area (Å²) in [6.07, 6.45) is 2.62. The second-order valence-corrected chi connectivity index (χ2v) is 4.52. The highest BCUT2D eigenvalue weighted by Gasteiger charge is 2.13. The van der Waals surface area contributed by atoms with Crippen molar-refractivity contribution in [2.24, 2.45) is 5.14 Å². The van der Waals surface area contributed by atoms with Gasteiger partial charge in [0.2, 0.25) is 10.0 Å². The van der Waals surface area contributed by atoms with E-state index < -0.39 is 10.0 Å². The molecule has 0 fully saturated rings. The summed E-state index contributed by atoms with van der Waals surface area (Å²) in [7, 11) is -3.28. The first-order valence-corrected chi connectivity index (χ1v) is 5.11. The minimum Gasteiger partial charge on any atom is -0.228 e. The molecule has 0 aromatic carbocycles. The van der Waals surface area contributed by atoms with Crippen LogP contribution in [-0.2, 0) is 10.0 Å². The molecule has 62 valence electrons.